The van der Waals surface area contributed by atoms with Crippen molar-refractivity contribution < 1.29 is 9.53 Å². The van der Waals surface area contributed by atoms with E-state index >= 15 is 0 Å². The van der Waals surface area contributed by atoms with Gasteiger partial charge in [0, 0.05) is 24.5 Å². The second kappa shape index (κ2) is 8.56. The highest BCUT2D eigenvalue weighted by Crippen LogP contribution is 2.25. The summed E-state index contributed by atoms with van der Waals surface area (Å²) in [4.78, 5) is 12.0. The van der Waals surface area contributed by atoms with E-state index in [2.05, 4.69) is 10.6 Å². The van der Waals surface area contributed by atoms with Crippen molar-refractivity contribution >= 4 is 23.2 Å². The van der Waals surface area contributed by atoms with Crippen LogP contribution < -0.4 is 15.4 Å². The van der Waals surface area contributed by atoms with Crippen molar-refractivity contribution in [3.8, 4) is 5.75 Å². The maximum absolute atomic E-state index is 12.0. The molecule has 2 aromatic carbocycles. The monoisotopic (exact) mass is 332 g/mol. The molecule has 0 saturated heterocycles. The molecule has 23 heavy (non-hydrogen) atoms. The molecule has 0 saturated carbocycles. The number of halogens is 1. The van der Waals surface area contributed by atoms with Crippen LogP contribution in [0.1, 0.15) is 17.5 Å². The fourth-order valence-corrected chi connectivity index (χ4v) is 2.40. The Morgan fingerprint density at radius 3 is 2.74 bits per heavy atom. The van der Waals surface area contributed by atoms with E-state index in [9.17, 15) is 4.79 Å². The Morgan fingerprint density at radius 1 is 1.22 bits per heavy atom. The molecule has 0 radical (unpaired) electrons. The summed E-state index contributed by atoms with van der Waals surface area (Å²) in [7, 11) is 1.59. The molecule has 0 aliphatic carbocycles. The van der Waals surface area contributed by atoms with E-state index in [1.807, 2.05) is 49.4 Å². The van der Waals surface area contributed by atoms with Gasteiger partial charge in [-0.3, -0.25) is 4.79 Å². The normalized spacial score (nSPS) is 10.4. The standard InChI is InChI=1S/C18H21ClN2O2/c1-13-7-8-17(23-2)16(11-13)21-18(22)9-10-20-12-14-5-3-4-6-15(14)19/h3-8,11,20H,9-10,12H2,1-2H3,(H,21,22). The Morgan fingerprint density at radius 2 is 2.00 bits per heavy atom. The smallest absolute Gasteiger partial charge is 0.225 e. The third-order valence-electron chi connectivity index (χ3n) is 3.43. The zero-order chi connectivity index (χ0) is 16.7. The number of methoxy groups -OCH3 is 1. The van der Waals surface area contributed by atoms with Crippen molar-refractivity contribution in [2.45, 2.75) is 19.9 Å². The highest BCUT2D eigenvalue weighted by Gasteiger charge is 2.07. The van der Waals surface area contributed by atoms with Crippen molar-refractivity contribution in [3.63, 3.8) is 0 Å². The summed E-state index contributed by atoms with van der Waals surface area (Å²) in [5.74, 6) is 0.605. The van der Waals surface area contributed by atoms with Gasteiger partial charge in [0.15, 0.2) is 0 Å². The summed E-state index contributed by atoms with van der Waals surface area (Å²) in [6, 6.07) is 13.4. The number of ether oxygens (including phenoxy) is 1. The molecule has 0 fully saturated rings. The molecule has 0 aromatic heterocycles. The van der Waals surface area contributed by atoms with Crippen molar-refractivity contribution in [1.29, 1.82) is 0 Å². The molecule has 4 nitrogen and oxygen atoms in total. The van der Waals surface area contributed by atoms with Crippen LogP contribution in [0.2, 0.25) is 5.02 Å². The predicted octanol–water partition coefficient (Wildman–Crippen LogP) is 3.78. The van der Waals surface area contributed by atoms with Gasteiger partial charge < -0.3 is 15.4 Å². The first-order valence-corrected chi connectivity index (χ1v) is 7.86. The molecule has 122 valence electrons. The summed E-state index contributed by atoms with van der Waals surface area (Å²) in [5, 5.41) is 6.84. The molecule has 0 bridgehead atoms. The number of hydrogen-bond donors (Lipinski definition) is 2. The molecule has 0 aliphatic rings. The van der Waals surface area contributed by atoms with Gasteiger partial charge in [-0.1, -0.05) is 35.9 Å². The predicted molar refractivity (Wildman–Crippen MR) is 94.1 cm³/mol. The van der Waals surface area contributed by atoms with Crippen LogP contribution >= 0.6 is 11.6 Å². The van der Waals surface area contributed by atoms with Gasteiger partial charge in [0.05, 0.1) is 12.8 Å². The second-order valence-corrected chi connectivity index (χ2v) is 5.68. The minimum atomic E-state index is -0.0550. The van der Waals surface area contributed by atoms with Crippen LogP contribution in [0.25, 0.3) is 0 Å². The van der Waals surface area contributed by atoms with E-state index in [0.29, 0.717) is 30.9 Å². The molecule has 5 heteroatoms. The van der Waals surface area contributed by atoms with Crippen LogP contribution in [0.4, 0.5) is 5.69 Å². The van der Waals surface area contributed by atoms with E-state index in [-0.39, 0.29) is 5.91 Å². The lowest BCUT2D eigenvalue weighted by molar-refractivity contribution is -0.116. The van der Waals surface area contributed by atoms with E-state index in [1.165, 1.54) is 0 Å². The van der Waals surface area contributed by atoms with Gasteiger partial charge in [-0.15, -0.1) is 0 Å². The fraction of sp³-hybridized carbons (Fsp3) is 0.278. The highest BCUT2D eigenvalue weighted by atomic mass is 35.5. The van der Waals surface area contributed by atoms with Crippen LogP contribution in [0, 0.1) is 6.92 Å². The molecule has 0 spiro atoms. The molecule has 0 aliphatic heterocycles. The number of carbonyl (C=O) groups excluding carboxylic acids is 1. The number of rotatable bonds is 7. The second-order valence-electron chi connectivity index (χ2n) is 5.27. The first kappa shape index (κ1) is 17.3. The SMILES string of the molecule is COc1ccc(C)cc1NC(=O)CCNCc1ccccc1Cl. The Hall–Kier alpha value is -2.04. The molecule has 0 heterocycles. The number of benzene rings is 2. The average Bonchev–Trinajstić information content (AvgIpc) is 2.53. The van der Waals surface area contributed by atoms with Crippen LogP contribution in [-0.2, 0) is 11.3 Å². The van der Waals surface area contributed by atoms with Crippen LogP contribution in [0.5, 0.6) is 5.75 Å². The van der Waals surface area contributed by atoms with Gasteiger partial charge >= 0.3 is 0 Å². The van der Waals surface area contributed by atoms with E-state index in [1.54, 1.807) is 7.11 Å². The molecular formula is C18H21ClN2O2. The highest BCUT2D eigenvalue weighted by molar-refractivity contribution is 6.31. The number of aryl methyl sites for hydroxylation is 1. The third-order valence-corrected chi connectivity index (χ3v) is 3.80. The molecule has 0 unspecified atom stereocenters. The summed E-state index contributed by atoms with van der Waals surface area (Å²) in [6.07, 6.45) is 0.377. The van der Waals surface area contributed by atoms with Gasteiger partial charge in [0.1, 0.15) is 5.75 Å². The van der Waals surface area contributed by atoms with Crippen LogP contribution in [0.3, 0.4) is 0 Å². The van der Waals surface area contributed by atoms with Gasteiger partial charge in [0.2, 0.25) is 5.91 Å². The maximum atomic E-state index is 12.0. The first-order valence-electron chi connectivity index (χ1n) is 7.49. The largest absolute Gasteiger partial charge is 0.495 e. The van der Waals surface area contributed by atoms with Gasteiger partial charge in [-0.05, 0) is 36.2 Å². The summed E-state index contributed by atoms with van der Waals surface area (Å²) in [5.41, 5.74) is 2.79. The lowest BCUT2D eigenvalue weighted by Gasteiger charge is -2.11. The fourth-order valence-electron chi connectivity index (χ4n) is 2.20. The summed E-state index contributed by atoms with van der Waals surface area (Å²) >= 11 is 6.09. The molecular weight excluding hydrogens is 312 g/mol. The van der Waals surface area contributed by atoms with Gasteiger partial charge in [-0.25, -0.2) is 0 Å². The van der Waals surface area contributed by atoms with Gasteiger partial charge in [0.25, 0.3) is 0 Å². The molecule has 0 atom stereocenters. The zero-order valence-electron chi connectivity index (χ0n) is 13.4. The quantitative estimate of drug-likeness (QED) is 0.759. The topological polar surface area (TPSA) is 50.4 Å². The van der Waals surface area contributed by atoms with Crippen LogP contribution in [-0.4, -0.2) is 19.6 Å². The number of nitrogens with one attached hydrogen (secondary N) is 2. The molecule has 2 aromatic rings. The first-order chi connectivity index (χ1) is 11.1. The minimum Gasteiger partial charge on any atom is -0.495 e. The number of hydrogen-bond acceptors (Lipinski definition) is 3. The molecule has 1 amide bonds. The Kier molecular flexibility index (Phi) is 6.44. The van der Waals surface area contributed by atoms with Crippen molar-refractivity contribution in [2.24, 2.45) is 0 Å². The third kappa shape index (κ3) is 5.27. The van der Waals surface area contributed by atoms with E-state index in [4.69, 9.17) is 16.3 Å². The lowest BCUT2D eigenvalue weighted by atomic mass is 10.2. The van der Waals surface area contributed by atoms with Crippen molar-refractivity contribution in [1.82, 2.24) is 5.32 Å². The summed E-state index contributed by atoms with van der Waals surface area (Å²) in [6.45, 7) is 3.19. The van der Waals surface area contributed by atoms with Crippen molar-refractivity contribution in [3.05, 3.63) is 58.6 Å². The Bertz CT molecular complexity index is 674. The van der Waals surface area contributed by atoms with Crippen LogP contribution in [0.15, 0.2) is 42.5 Å². The lowest BCUT2D eigenvalue weighted by Crippen LogP contribution is -2.21. The number of amides is 1. The molecule has 2 N–H and O–H groups in total. The average molecular weight is 333 g/mol. The zero-order valence-corrected chi connectivity index (χ0v) is 14.1. The minimum absolute atomic E-state index is 0.0550. The Labute approximate surface area is 141 Å². The number of carbonyl (C=O) groups is 1. The van der Waals surface area contributed by atoms with Gasteiger partial charge in [-0.2, -0.15) is 0 Å². The number of anilines is 1. The van der Waals surface area contributed by atoms with Crippen molar-refractivity contribution in [2.75, 3.05) is 19.0 Å². The summed E-state index contributed by atoms with van der Waals surface area (Å²) < 4.78 is 5.25. The molecule has 2 rings (SSSR count). The van der Waals surface area contributed by atoms with E-state index in [0.717, 1.165) is 16.1 Å². The van der Waals surface area contributed by atoms with E-state index < -0.39 is 0 Å². The maximum Gasteiger partial charge on any atom is 0.225 e. The Balaban J connectivity index is 1.80.